The van der Waals surface area contributed by atoms with Gasteiger partial charge in [-0.1, -0.05) is 56.0 Å². The molecule has 1 fully saturated rings. The van der Waals surface area contributed by atoms with Crippen molar-refractivity contribution in [2.75, 3.05) is 13.2 Å². The molecule has 1 heteroatoms. The number of allylic oxidation sites excluding steroid dienone is 1. The van der Waals surface area contributed by atoms with E-state index >= 15 is 0 Å². The first-order valence-electron chi connectivity index (χ1n) is 5.68. The van der Waals surface area contributed by atoms with E-state index in [-0.39, 0.29) is 5.41 Å². The molecule has 0 amide bonds. The Kier molecular flexibility index (Phi) is 3.25. The Balaban J connectivity index is 1.97. The summed E-state index contributed by atoms with van der Waals surface area (Å²) in [5.74, 6) is 0. The molecule has 16 heavy (non-hydrogen) atoms. The summed E-state index contributed by atoms with van der Waals surface area (Å²) in [7, 11) is 0. The largest absolute Gasteiger partial charge is 0.376 e. The summed E-state index contributed by atoms with van der Waals surface area (Å²) in [6.45, 7) is 7.81. The Morgan fingerprint density at radius 1 is 1.38 bits per heavy atom. The van der Waals surface area contributed by atoms with Crippen molar-refractivity contribution in [3.05, 3.63) is 54.1 Å². The van der Waals surface area contributed by atoms with Gasteiger partial charge in [-0.25, -0.2) is 0 Å². The average Bonchev–Trinajstić information content (AvgIpc) is 2.61. The minimum atomic E-state index is 0.130. The molecular weight excluding hydrogens is 196 g/mol. The molecule has 1 saturated heterocycles. The van der Waals surface area contributed by atoms with E-state index in [0.717, 1.165) is 19.6 Å². The molecule has 0 N–H and O–H groups in total. The highest BCUT2D eigenvalue weighted by atomic mass is 16.5. The average molecular weight is 214 g/mol. The normalized spacial score (nSPS) is 25.4. The molecule has 0 spiro atoms. The van der Waals surface area contributed by atoms with E-state index in [1.807, 2.05) is 6.07 Å². The van der Waals surface area contributed by atoms with Crippen LogP contribution in [-0.4, -0.2) is 13.2 Å². The first-order chi connectivity index (χ1) is 7.71. The summed E-state index contributed by atoms with van der Waals surface area (Å²) < 4.78 is 5.44. The zero-order valence-corrected chi connectivity index (χ0v) is 9.78. The predicted octanol–water partition coefficient (Wildman–Crippen LogP) is 3.68. The maximum absolute atomic E-state index is 5.44. The number of hydrogen-bond donors (Lipinski definition) is 0. The van der Waals surface area contributed by atoms with Gasteiger partial charge in [0.25, 0.3) is 0 Å². The molecule has 2 rings (SSSR count). The molecule has 1 atom stereocenters. The highest BCUT2D eigenvalue weighted by molar-refractivity contribution is 5.48. The standard InChI is InChI=1S/C15H18O/c1-13-11-16-12-15(13,2)10-6-9-14-7-4-3-5-8-14/h3-9H,1,10-12H2,2H3/b9-6+/t15-/m0/s1. The topological polar surface area (TPSA) is 9.23 Å². The van der Waals surface area contributed by atoms with Crippen LogP contribution in [0.1, 0.15) is 18.9 Å². The maximum atomic E-state index is 5.44. The molecule has 0 saturated carbocycles. The van der Waals surface area contributed by atoms with Crippen molar-refractivity contribution < 1.29 is 4.74 Å². The van der Waals surface area contributed by atoms with E-state index in [2.05, 4.69) is 49.9 Å². The van der Waals surface area contributed by atoms with Crippen LogP contribution in [0.2, 0.25) is 0 Å². The molecule has 1 nitrogen and oxygen atoms in total. The van der Waals surface area contributed by atoms with Crippen LogP contribution in [0.25, 0.3) is 6.08 Å². The van der Waals surface area contributed by atoms with Crippen molar-refractivity contribution in [1.82, 2.24) is 0 Å². The third kappa shape index (κ3) is 2.42. The van der Waals surface area contributed by atoms with E-state index in [0.29, 0.717) is 0 Å². The number of hydrogen-bond acceptors (Lipinski definition) is 1. The summed E-state index contributed by atoms with van der Waals surface area (Å²) in [4.78, 5) is 0. The van der Waals surface area contributed by atoms with Crippen LogP contribution in [-0.2, 0) is 4.74 Å². The van der Waals surface area contributed by atoms with E-state index in [9.17, 15) is 0 Å². The molecule has 1 aliphatic rings. The smallest absolute Gasteiger partial charge is 0.0680 e. The van der Waals surface area contributed by atoms with E-state index in [4.69, 9.17) is 4.74 Å². The lowest BCUT2D eigenvalue weighted by Crippen LogP contribution is -2.16. The summed E-state index contributed by atoms with van der Waals surface area (Å²) in [6, 6.07) is 10.4. The number of rotatable bonds is 3. The summed E-state index contributed by atoms with van der Waals surface area (Å²) in [5.41, 5.74) is 2.59. The Bertz CT molecular complexity index is 391. The minimum absolute atomic E-state index is 0.130. The fourth-order valence-electron chi connectivity index (χ4n) is 1.90. The Morgan fingerprint density at radius 2 is 2.12 bits per heavy atom. The Labute approximate surface area is 97.4 Å². The summed E-state index contributed by atoms with van der Waals surface area (Å²) in [6.07, 6.45) is 5.38. The first kappa shape index (κ1) is 11.2. The van der Waals surface area contributed by atoms with Crippen molar-refractivity contribution >= 4 is 6.08 Å². The van der Waals surface area contributed by atoms with Gasteiger partial charge in [0.15, 0.2) is 0 Å². The van der Waals surface area contributed by atoms with Gasteiger partial charge < -0.3 is 4.74 Å². The number of benzene rings is 1. The van der Waals surface area contributed by atoms with Gasteiger partial charge in [0.2, 0.25) is 0 Å². The quantitative estimate of drug-likeness (QED) is 0.697. The van der Waals surface area contributed by atoms with Gasteiger partial charge in [-0.15, -0.1) is 0 Å². The van der Waals surface area contributed by atoms with Gasteiger partial charge in [0.05, 0.1) is 13.2 Å². The summed E-state index contributed by atoms with van der Waals surface area (Å²) in [5, 5.41) is 0. The van der Waals surface area contributed by atoms with Crippen molar-refractivity contribution in [1.29, 1.82) is 0 Å². The lowest BCUT2D eigenvalue weighted by molar-refractivity contribution is 0.161. The van der Waals surface area contributed by atoms with E-state index in [1.54, 1.807) is 0 Å². The van der Waals surface area contributed by atoms with Gasteiger partial charge in [0.1, 0.15) is 0 Å². The molecule has 0 unspecified atom stereocenters. The molecule has 1 aliphatic heterocycles. The Morgan fingerprint density at radius 3 is 2.75 bits per heavy atom. The van der Waals surface area contributed by atoms with Crippen LogP contribution in [0.5, 0.6) is 0 Å². The molecule has 1 aromatic rings. The van der Waals surface area contributed by atoms with Crippen molar-refractivity contribution in [3.8, 4) is 0 Å². The van der Waals surface area contributed by atoms with Gasteiger partial charge >= 0.3 is 0 Å². The zero-order valence-electron chi connectivity index (χ0n) is 9.78. The highest BCUT2D eigenvalue weighted by Gasteiger charge is 2.31. The minimum Gasteiger partial charge on any atom is -0.376 e. The van der Waals surface area contributed by atoms with Crippen molar-refractivity contribution in [2.24, 2.45) is 5.41 Å². The zero-order chi connectivity index (χ0) is 11.4. The second-order valence-corrected chi connectivity index (χ2v) is 4.67. The fraction of sp³-hybridized carbons (Fsp3) is 0.333. The molecule has 1 heterocycles. The first-order valence-corrected chi connectivity index (χ1v) is 5.68. The third-order valence-corrected chi connectivity index (χ3v) is 3.23. The van der Waals surface area contributed by atoms with Crippen LogP contribution in [0.15, 0.2) is 48.6 Å². The van der Waals surface area contributed by atoms with E-state index < -0.39 is 0 Å². The SMILES string of the molecule is C=C1COC[C@]1(C)C/C=C/c1ccccc1. The van der Waals surface area contributed by atoms with Crippen LogP contribution in [0.4, 0.5) is 0 Å². The van der Waals surface area contributed by atoms with Crippen LogP contribution in [0, 0.1) is 5.41 Å². The Hall–Kier alpha value is -1.34. The van der Waals surface area contributed by atoms with Gasteiger partial charge in [-0.05, 0) is 17.6 Å². The van der Waals surface area contributed by atoms with Crippen molar-refractivity contribution in [2.45, 2.75) is 13.3 Å². The number of ether oxygens (including phenoxy) is 1. The molecule has 1 aromatic carbocycles. The van der Waals surface area contributed by atoms with Crippen LogP contribution >= 0.6 is 0 Å². The molecular formula is C15H18O. The molecule has 0 bridgehead atoms. The predicted molar refractivity (Wildman–Crippen MR) is 68.2 cm³/mol. The molecule has 0 radical (unpaired) electrons. The van der Waals surface area contributed by atoms with Crippen LogP contribution < -0.4 is 0 Å². The van der Waals surface area contributed by atoms with Crippen molar-refractivity contribution in [3.63, 3.8) is 0 Å². The third-order valence-electron chi connectivity index (χ3n) is 3.23. The lowest BCUT2D eigenvalue weighted by Gasteiger charge is -2.20. The fourth-order valence-corrected chi connectivity index (χ4v) is 1.90. The van der Waals surface area contributed by atoms with Gasteiger partial charge in [0, 0.05) is 5.41 Å². The van der Waals surface area contributed by atoms with Gasteiger partial charge in [-0.2, -0.15) is 0 Å². The van der Waals surface area contributed by atoms with Gasteiger partial charge in [-0.3, -0.25) is 0 Å². The monoisotopic (exact) mass is 214 g/mol. The molecule has 84 valence electrons. The molecule has 0 aromatic heterocycles. The molecule has 0 aliphatic carbocycles. The highest BCUT2D eigenvalue weighted by Crippen LogP contribution is 2.36. The summed E-state index contributed by atoms with van der Waals surface area (Å²) >= 11 is 0. The van der Waals surface area contributed by atoms with Crippen LogP contribution in [0.3, 0.4) is 0 Å². The second kappa shape index (κ2) is 4.67. The van der Waals surface area contributed by atoms with E-state index in [1.165, 1.54) is 11.1 Å². The lowest BCUT2D eigenvalue weighted by atomic mass is 9.82. The second-order valence-electron chi connectivity index (χ2n) is 4.67. The maximum Gasteiger partial charge on any atom is 0.0680 e.